The van der Waals surface area contributed by atoms with Crippen LogP contribution in [0.5, 0.6) is 5.75 Å². The van der Waals surface area contributed by atoms with Gasteiger partial charge in [-0.15, -0.1) is 0 Å². The zero-order chi connectivity index (χ0) is 18.7. The Balaban J connectivity index is 1.83. The molecule has 1 aliphatic carbocycles. The van der Waals surface area contributed by atoms with Gasteiger partial charge in [0.05, 0.1) is 12.8 Å². The number of benzene rings is 1. The van der Waals surface area contributed by atoms with E-state index in [-0.39, 0.29) is 17.2 Å². The van der Waals surface area contributed by atoms with Crippen LogP contribution < -0.4 is 20.7 Å². The Morgan fingerprint density at radius 2 is 2.12 bits per heavy atom. The molecule has 8 heteroatoms. The van der Waals surface area contributed by atoms with Crippen molar-refractivity contribution in [1.29, 1.82) is 0 Å². The molecule has 1 heterocycles. The van der Waals surface area contributed by atoms with Gasteiger partial charge in [-0.25, -0.2) is 0 Å². The predicted octanol–water partition coefficient (Wildman–Crippen LogP) is 0.683. The van der Waals surface area contributed by atoms with Gasteiger partial charge in [-0.3, -0.25) is 19.5 Å². The van der Waals surface area contributed by atoms with E-state index in [1.54, 1.807) is 31.4 Å². The van der Waals surface area contributed by atoms with Crippen molar-refractivity contribution < 1.29 is 20.1 Å². The summed E-state index contributed by atoms with van der Waals surface area (Å²) >= 11 is 5.20. The first-order valence-electron chi connectivity index (χ1n) is 8.70. The van der Waals surface area contributed by atoms with Crippen LogP contribution in [-0.2, 0) is 9.59 Å². The number of nitrogens with one attached hydrogen (secondary N) is 1. The first-order valence-corrected chi connectivity index (χ1v) is 9.11. The van der Waals surface area contributed by atoms with Crippen LogP contribution in [-0.4, -0.2) is 42.3 Å². The highest BCUT2D eigenvalue weighted by Gasteiger charge is 2.39. The average Bonchev–Trinajstić information content (AvgIpc) is 2.63. The maximum absolute atomic E-state index is 12.9. The monoisotopic (exact) mass is 375 g/mol. The number of anilines is 1. The molecule has 3 rings (SSSR count). The minimum atomic E-state index is -0.998. The third-order valence-corrected chi connectivity index (χ3v) is 5.09. The second kappa shape index (κ2) is 7.92. The van der Waals surface area contributed by atoms with Gasteiger partial charge in [0.25, 0.3) is 5.91 Å². The van der Waals surface area contributed by atoms with Crippen molar-refractivity contribution in [1.82, 2.24) is 5.32 Å². The molecule has 1 aromatic carbocycles. The second-order valence-electron chi connectivity index (χ2n) is 6.56. The lowest BCUT2D eigenvalue weighted by molar-refractivity contribution is -0.428. The smallest absolute Gasteiger partial charge is 0.251 e. The van der Waals surface area contributed by atoms with Gasteiger partial charge in [-0.2, -0.15) is 0 Å². The summed E-state index contributed by atoms with van der Waals surface area (Å²) in [6, 6.07) is 7.25. The number of ether oxygens (including phenoxy) is 1. The van der Waals surface area contributed by atoms with E-state index in [1.165, 1.54) is 11.1 Å². The molecule has 2 fully saturated rings. The number of nitrogens with zero attached hydrogens (tertiary/aromatic N) is 2. The molecule has 1 aliphatic heterocycles. The summed E-state index contributed by atoms with van der Waals surface area (Å²) in [6.45, 7) is 0. The third-order valence-electron chi connectivity index (χ3n) is 4.81. The van der Waals surface area contributed by atoms with Crippen LogP contribution in [0.25, 0.3) is 0 Å². The number of methoxy groups -OCH3 is 1. The van der Waals surface area contributed by atoms with Crippen LogP contribution in [0.4, 0.5) is 5.69 Å². The van der Waals surface area contributed by atoms with Crippen molar-refractivity contribution in [2.24, 2.45) is 10.9 Å². The molecule has 0 spiro atoms. The summed E-state index contributed by atoms with van der Waals surface area (Å²) < 4.78 is 5.20. The van der Waals surface area contributed by atoms with Gasteiger partial charge >= 0.3 is 0 Å². The highest BCUT2D eigenvalue weighted by atomic mass is 32.1. The largest absolute Gasteiger partial charge is 0.497 e. The number of rotatable bonds is 4. The molecule has 26 heavy (non-hydrogen) atoms. The van der Waals surface area contributed by atoms with Crippen LogP contribution in [0.3, 0.4) is 0 Å². The van der Waals surface area contributed by atoms with Crippen molar-refractivity contribution in [2.45, 2.75) is 37.8 Å². The van der Waals surface area contributed by atoms with Gasteiger partial charge < -0.3 is 15.8 Å². The number of amides is 2. The maximum Gasteiger partial charge on any atom is 0.251 e. The molecule has 1 saturated heterocycles. The normalized spacial score (nSPS) is 26.9. The van der Waals surface area contributed by atoms with Crippen molar-refractivity contribution in [3.8, 4) is 5.75 Å². The van der Waals surface area contributed by atoms with Gasteiger partial charge in [-0.05, 0) is 37.2 Å². The Morgan fingerprint density at radius 1 is 1.35 bits per heavy atom. The number of hydrogen-bond donors (Lipinski definition) is 2. The molecule has 2 amide bonds. The number of carbonyl (C=O) groups is 2. The van der Waals surface area contributed by atoms with Crippen molar-refractivity contribution >= 4 is 41.0 Å². The highest BCUT2D eigenvalue weighted by molar-refractivity contribution is 7.80. The van der Waals surface area contributed by atoms with Crippen LogP contribution in [0, 0.1) is 5.92 Å². The number of quaternary nitrogens is 1. The molecule has 0 bridgehead atoms. The fourth-order valence-electron chi connectivity index (χ4n) is 3.30. The Bertz CT molecular complexity index is 752. The summed E-state index contributed by atoms with van der Waals surface area (Å²) in [7, 11) is 1.55. The zero-order valence-electron chi connectivity index (χ0n) is 14.7. The zero-order valence-corrected chi connectivity index (χ0v) is 15.5. The summed E-state index contributed by atoms with van der Waals surface area (Å²) in [5.41, 5.74) is 4.68. The third kappa shape index (κ3) is 3.76. The summed E-state index contributed by atoms with van der Waals surface area (Å²) in [4.78, 5) is 31.1. The van der Waals surface area contributed by atoms with Crippen LogP contribution in [0.15, 0.2) is 29.3 Å². The molecule has 138 valence electrons. The lowest BCUT2D eigenvalue weighted by Gasteiger charge is -2.31. The lowest BCUT2D eigenvalue weighted by Crippen LogP contribution is -2.66. The number of aliphatic imine (C=N–C) groups is 1. The molecule has 1 aromatic rings. The van der Waals surface area contributed by atoms with E-state index in [1.807, 2.05) is 0 Å². The molecule has 1 saturated carbocycles. The standard InChI is InChI=1S/C18H22N4O3S/c1-25-12-6-4-5-11(9-12)22-17(24)13(16(23)21-18(22)26)10-20-15-8-3-2-7-14(15)19/h4-6,9-10,13-15H,2-3,7-8,19H2,1H3,(H,21,23,26)/p+1/t13-,14+,15+/m1/s1. The number of carbonyl (C=O) groups excluding carboxylic acids is 2. The molecule has 7 nitrogen and oxygen atoms in total. The minimum Gasteiger partial charge on any atom is -0.497 e. The van der Waals surface area contributed by atoms with E-state index in [4.69, 9.17) is 17.0 Å². The van der Waals surface area contributed by atoms with Gasteiger partial charge in [0, 0.05) is 18.7 Å². The van der Waals surface area contributed by atoms with Crippen molar-refractivity contribution in [2.75, 3.05) is 12.0 Å². The molecule has 2 aliphatic rings. The molecule has 0 unspecified atom stereocenters. The predicted molar refractivity (Wildman–Crippen MR) is 102 cm³/mol. The van der Waals surface area contributed by atoms with Gasteiger partial charge in [0.1, 0.15) is 17.8 Å². The highest BCUT2D eigenvalue weighted by Crippen LogP contribution is 2.25. The number of hydrogen-bond acceptors (Lipinski definition) is 5. The summed E-state index contributed by atoms with van der Waals surface area (Å²) in [5.74, 6) is -1.25. The molecule has 0 radical (unpaired) electrons. The van der Waals surface area contributed by atoms with Crippen LogP contribution in [0.2, 0.25) is 0 Å². The summed E-state index contributed by atoms with van der Waals surface area (Å²) in [5, 5.41) is 2.66. The Hall–Kier alpha value is -2.32. The van der Waals surface area contributed by atoms with E-state index in [2.05, 4.69) is 16.0 Å². The van der Waals surface area contributed by atoms with Gasteiger partial charge in [0.15, 0.2) is 11.0 Å². The summed E-state index contributed by atoms with van der Waals surface area (Å²) in [6.07, 6.45) is 5.67. The Morgan fingerprint density at radius 3 is 2.85 bits per heavy atom. The van der Waals surface area contributed by atoms with Gasteiger partial charge in [-0.1, -0.05) is 12.5 Å². The van der Waals surface area contributed by atoms with E-state index in [9.17, 15) is 9.59 Å². The van der Waals surface area contributed by atoms with Crippen molar-refractivity contribution in [3.05, 3.63) is 24.3 Å². The topological polar surface area (TPSA) is 98.6 Å². The van der Waals surface area contributed by atoms with E-state index >= 15 is 0 Å². The average molecular weight is 375 g/mol. The minimum absolute atomic E-state index is 0.0588. The van der Waals surface area contributed by atoms with Crippen LogP contribution >= 0.6 is 12.2 Å². The first kappa shape index (κ1) is 18.5. The van der Waals surface area contributed by atoms with Crippen LogP contribution in [0.1, 0.15) is 25.7 Å². The lowest BCUT2D eigenvalue weighted by atomic mass is 9.91. The van der Waals surface area contributed by atoms with E-state index < -0.39 is 17.7 Å². The molecule has 3 atom stereocenters. The van der Waals surface area contributed by atoms with Gasteiger partial charge in [0.2, 0.25) is 5.91 Å². The SMILES string of the molecule is COc1cccc(N2C(=O)[C@H](C=N[C@H]3CCCC[C@@H]3[NH3+])C(=O)NC2=S)c1. The molecular weight excluding hydrogens is 352 g/mol. The Labute approximate surface area is 157 Å². The van der Waals surface area contributed by atoms with E-state index in [0.29, 0.717) is 11.4 Å². The molecule has 0 aromatic heterocycles. The Kier molecular flexibility index (Phi) is 5.63. The maximum atomic E-state index is 12.9. The fourth-order valence-corrected chi connectivity index (χ4v) is 3.59. The second-order valence-corrected chi connectivity index (χ2v) is 6.94. The van der Waals surface area contributed by atoms with Crippen molar-refractivity contribution in [3.63, 3.8) is 0 Å². The van der Waals surface area contributed by atoms with E-state index in [0.717, 1.165) is 25.7 Å². The molecular formula is C18H23N4O3S+. The molecule has 4 N–H and O–H groups in total. The first-order chi connectivity index (χ1) is 12.5. The fraction of sp³-hybridized carbons (Fsp3) is 0.444. The quantitative estimate of drug-likeness (QED) is 0.459. The number of thiocarbonyl (C=S) groups is 1.